The van der Waals surface area contributed by atoms with E-state index in [2.05, 4.69) is 5.32 Å². The average Bonchev–Trinajstić information content (AvgIpc) is 2.97. The molecule has 6 nitrogen and oxygen atoms in total. The number of aliphatic carboxylic acids is 1. The van der Waals surface area contributed by atoms with E-state index in [1.165, 1.54) is 0 Å². The van der Waals surface area contributed by atoms with E-state index in [9.17, 15) is 9.59 Å². The van der Waals surface area contributed by atoms with Crippen molar-refractivity contribution in [2.75, 3.05) is 6.54 Å². The number of rotatable bonds is 5. The van der Waals surface area contributed by atoms with Crippen LogP contribution < -0.4 is 11.1 Å². The van der Waals surface area contributed by atoms with Crippen molar-refractivity contribution in [2.45, 2.75) is 62.7 Å². The summed E-state index contributed by atoms with van der Waals surface area (Å²) in [6.45, 7) is 0.421. The first-order valence-electron chi connectivity index (χ1n) is 6.94. The molecular weight excluding hydrogens is 248 g/mol. The minimum Gasteiger partial charge on any atom is -0.481 e. The Bertz CT molecular complexity index is 353. The van der Waals surface area contributed by atoms with Gasteiger partial charge in [0.15, 0.2) is 0 Å². The first-order chi connectivity index (χ1) is 9.04. The van der Waals surface area contributed by atoms with Crippen LogP contribution in [0.15, 0.2) is 0 Å². The van der Waals surface area contributed by atoms with Crippen molar-refractivity contribution in [3.05, 3.63) is 0 Å². The number of carbonyl (C=O) groups excluding carboxylic acids is 1. The van der Waals surface area contributed by atoms with Crippen LogP contribution in [0.2, 0.25) is 0 Å². The van der Waals surface area contributed by atoms with Gasteiger partial charge in [-0.05, 0) is 25.7 Å². The maximum absolute atomic E-state index is 12.2. The van der Waals surface area contributed by atoms with Gasteiger partial charge in [0.25, 0.3) is 0 Å². The number of carboxylic acid groups (broad SMARTS) is 1. The predicted molar refractivity (Wildman–Crippen MR) is 68.5 cm³/mol. The van der Waals surface area contributed by atoms with Crippen LogP contribution in [0.5, 0.6) is 0 Å². The van der Waals surface area contributed by atoms with E-state index in [0.717, 1.165) is 32.1 Å². The molecule has 0 aromatic heterocycles. The molecule has 0 aromatic rings. The first-order valence-corrected chi connectivity index (χ1v) is 6.94. The zero-order valence-electron chi connectivity index (χ0n) is 11.1. The first kappa shape index (κ1) is 14.3. The summed E-state index contributed by atoms with van der Waals surface area (Å²) in [4.78, 5) is 23.1. The monoisotopic (exact) mass is 270 g/mol. The van der Waals surface area contributed by atoms with E-state index in [0.29, 0.717) is 13.0 Å². The molecule has 19 heavy (non-hydrogen) atoms. The van der Waals surface area contributed by atoms with Crippen molar-refractivity contribution in [3.63, 3.8) is 0 Å². The lowest BCUT2D eigenvalue weighted by atomic mass is 9.92. The van der Waals surface area contributed by atoms with E-state index < -0.39 is 17.6 Å². The molecule has 1 heterocycles. The summed E-state index contributed by atoms with van der Waals surface area (Å²) < 4.78 is 5.55. The summed E-state index contributed by atoms with van der Waals surface area (Å²) in [6, 6.07) is 0. The minimum absolute atomic E-state index is 0.00816. The average molecular weight is 270 g/mol. The maximum Gasteiger partial charge on any atom is 0.305 e. The molecule has 2 atom stereocenters. The molecule has 1 amide bonds. The van der Waals surface area contributed by atoms with Gasteiger partial charge in [-0.3, -0.25) is 9.59 Å². The number of hydrogen-bond acceptors (Lipinski definition) is 4. The highest BCUT2D eigenvalue weighted by Gasteiger charge is 2.40. The third kappa shape index (κ3) is 3.45. The Hall–Kier alpha value is -1.14. The normalized spacial score (nSPS) is 29.3. The van der Waals surface area contributed by atoms with Gasteiger partial charge in [0.05, 0.1) is 18.1 Å². The van der Waals surface area contributed by atoms with Crippen LogP contribution in [0.4, 0.5) is 0 Å². The predicted octanol–water partition coefficient (Wildman–Crippen LogP) is 0.396. The number of carbonyl (C=O) groups is 2. The van der Waals surface area contributed by atoms with E-state index in [1.807, 2.05) is 0 Å². The van der Waals surface area contributed by atoms with Crippen LogP contribution in [0.1, 0.15) is 44.9 Å². The van der Waals surface area contributed by atoms with Gasteiger partial charge in [0.1, 0.15) is 6.10 Å². The van der Waals surface area contributed by atoms with Gasteiger partial charge < -0.3 is 20.9 Å². The number of hydrogen-bond donors (Lipinski definition) is 3. The molecule has 2 unspecified atom stereocenters. The Morgan fingerprint density at radius 2 is 2.00 bits per heavy atom. The van der Waals surface area contributed by atoms with Crippen molar-refractivity contribution in [2.24, 2.45) is 5.73 Å². The topological polar surface area (TPSA) is 102 Å². The molecule has 1 saturated heterocycles. The Morgan fingerprint density at radius 1 is 1.32 bits per heavy atom. The van der Waals surface area contributed by atoms with Gasteiger partial charge in [-0.2, -0.15) is 0 Å². The van der Waals surface area contributed by atoms with E-state index in [4.69, 9.17) is 15.6 Å². The molecule has 1 saturated carbocycles. The second-order valence-corrected chi connectivity index (χ2v) is 5.61. The number of amides is 1. The molecule has 1 aliphatic heterocycles. The number of nitrogens with one attached hydrogen (secondary N) is 1. The highest BCUT2D eigenvalue weighted by atomic mass is 16.5. The van der Waals surface area contributed by atoms with Crippen molar-refractivity contribution in [3.8, 4) is 0 Å². The summed E-state index contributed by atoms with van der Waals surface area (Å²) in [7, 11) is 0. The number of nitrogens with two attached hydrogens (primary N) is 1. The lowest BCUT2D eigenvalue weighted by Gasteiger charge is -2.30. The summed E-state index contributed by atoms with van der Waals surface area (Å²) in [5.41, 5.74) is 4.94. The fraction of sp³-hybridized carbons (Fsp3) is 0.846. The van der Waals surface area contributed by atoms with Crippen LogP contribution in [-0.2, 0) is 14.3 Å². The van der Waals surface area contributed by atoms with Gasteiger partial charge in [-0.25, -0.2) is 0 Å². The Morgan fingerprint density at radius 3 is 2.53 bits per heavy atom. The lowest BCUT2D eigenvalue weighted by Crippen LogP contribution is -2.51. The molecular formula is C13H22N2O4. The standard InChI is InChI=1S/C13H22N2O4/c14-8-9-3-4-10(19-9)12(18)15-13(7-11(16)17)5-1-2-6-13/h9-10H,1-8,14H2,(H,15,18)(H,16,17). The molecule has 2 fully saturated rings. The third-order valence-corrected chi connectivity index (χ3v) is 4.10. The van der Waals surface area contributed by atoms with Crippen LogP contribution in [0.3, 0.4) is 0 Å². The Balaban J connectivity index is 1.94. The molecule has 1 aliphatic carbocycles. The van der Waals surface area contributed by atoms with Crippen molar-refractivity contribution >= 4 is 11.9 Å². The zero-order valence-corrected chi connectivity index (χ0v) is 11.1. The fourth-order valence-electron chi connectivity index (χ4n) is 3.10. The third-order valence-electron chi connectivity index (χ3n) is 4.10. The molecule has 2 aliphatic rings. The molecule has 4 N–H and O–H groups in total. The second-order valence-electron chi connectivity index (χ2n) is 5.61. The van der Waals surface area contributed by atoms with Gasteiger partial charge in [-0.1, -0.05) is 12.8 Å². The smallest absolute Gasteiger partial charge is 0.305 e. The Labute approximate surface area is 112 Å². The summed E-state index contributed by atoms with van der Waals surface area (Å²) in [5, 5.41) is 11.9. The Kier molecular flexibility index (Phi) is 4.42. The molecule has 6 heteroatoms. The molecule has 0 bridgehead atoms. The summed E-state index contributed by atoms with van der Waals surface area (Å²) >= 11 is 0. The summed E-state index contributed by atoms with van der Waals surface area (Å²) in [6.07, 6.45) is 4.32. The van der Waals surface area contributed by atoms with Gasteiger partial charge in [0.2, 0.25) is 5.91 Å². The van der Waals surface area contributed by atoms with Gasteiger partial charge in [0, 0.05) is 6.54 Å². The van der Waals surface area contributed by atoms with Crippen LogP contribution in [0, 0.1) is 0 Å². The number of carboxylic acids is 1. The quantitative estimate of drug-likeness (QED) is 0.671. The van der Waals surface area contributed by atoms with E-state index >= 15 is 0 Å². The van der Waals surface area contributed by atoms with E-state index in [1.54, 1.807) is 0 Å². The number of ether oxygens (including phenoxy) is 1. The SMILES string of the molecule is NCC1CCC(C(=O)NC2(CC(=O)O)CCCC2)O1. The molecule has 0 aromatic carbocycles. The molecule has 0 spiro atoms. The van der Waals surface area contributed by atoms with E-state index in [-0.39, 0.29) is 18.4 Å². The largest absolute Gasteiger partial charge is 0.481 e. The maximum atomic E-state index is 12.2. The zero-order chi connectivity index (χ0) is 13.9. The van der Waals surface area contributed by atoms with Crippen molar-refractivity contribution < 1.29 is 19.4 Å². The molecule has 2 rings (SSSR count). The summed E-state index contributed by atoms with van der Waals surface area (Å²) in [5.74, 6) is -1.05. The second kappa shape index (κ2) is 5.88. The van der Waals surface area contributed by atoms with Crippen LogP contribution in [0.25, 0.3) is 0 Å². The minimum atomic E-state index is -0.866. The highest BCUT2D eigenvalue weighted by Crippen LogP contribution is 2.33. The van der Waals surface area contributed by atoms with Gasteiger partial charge >= 0.3 is 5.97 Å². The van der Waals surface area contributed by atoms with Crippen LogP contribution in [-0.4, -0.2) is 41.3 Å². The highest BCUT2D eigenvalue weighted by molar-refractivity contribution is 5.82. The molecule has 0 radical (unpaired) electrons. The fourth-order valence-corrected chi connectivity index (χ4v) is 3.10. The van der Waals surface area contributed by atoms with Crippen molar-refractivity contribution in [1.82, 2.24) is 5.32 Å². The molecule has 108 valence electrons. The lowest BCUT2D eigenvalue weighted by molar-refractivity contribution is -0.140. The van der Waals surface area contributed by atoms with Gasteiger partial charge in [-0.15, -0.1) is 0 Å². The van der Waals surface area contributed by atoms with Crippen molar-refractivity contribution in [1.29, 1.82) is 0 Å². The van der Waals surface area contributed by atoms with Crippen LogP contribution >= 0.6 is 0 Å².